The molecule has 3 aromatic carbocycles. The molecular weight excluding hydrogens is 838 g/mol. The van der Waals surface area contributed by atoms with Crippen molar-refractivity contribution in [2.75, 3.05) is 59.5 Å². The Morgan fingerprint density at radius 3 is 2.44 bits per heavy atom. The summed E-state index contributed by atoms with van der Waals surface area (Å²) in [6, 6.07) is 20.4. The number of amides is 1. The van der Waals surface area contributed by atoms with Gasteiger partial charge in [0.1, 0.15) is 24.7 Å². The quantitative estimate of drug-likeness (QED) is 0.100. The number of hydrogen-bond acceptors (Lipinski definition) is 12. The summed E-state index contributed by atoms with van der Waals surface area (Å²) < 4.78 is 24.4. The first-order chi connectivity index (χ1) is 30.7. The van der Waals surface area contributed by atoms with Gasteiger partial charge in [0.05, 0.1) is 26.5 Å². The van der Waals surface area contributed by atoms with Crippen molar-refractivity contribution in [2.45, 2.75) is 57.7 Å². The van der Waals surface area contributed by atoms with Crippen molar-refractivity contribution in [2.24, 2.45) is 0 Å². The highest BCUT2D eigenvalue weighted by molar-refractivity contribution is 7.13. The van der Waals surface area contributed by atoms with E-state index in [1.54, 1.807) is 24.4 Å². The maximum Gasteiger partial charge on any atom is 0.345 e. The maximum atomic E-state index is 13.0. The Labute approximate surface area is 375 Å². The van der Waals surface area contributed by atoms with E-state index in [1.165, 1.54) is 11.5 Å². The number of ether oxygens (including phenoxy) is 3. The van der Waals surface area contributed by atoms with Crippen LogP contribution in [-0.2, 0) is 17.8 Å². The Morgan fingerprint density at radius 2 is 1.71 bits per heavy atom. The van der Waals surface area contributed by atoms with Gasteiger partial charge in [-0.25, -0.2) is 14.8 Å². The van der Waals surface area contributed by atoms with Crippen molar-refractivity contribution >= 4 is 45.1 Å². The number of pyridine rings is 1. The molecule has 326 valence electrons. The van der Waals surface area contributed by atoms with E-state index in [4.69, 9.17) is 40.2 Å². The number of carbonyl (C=O) groups is 2. The number of likely N-dealkylation sites (N-methyl/N-ethyl adjacent to an activating group) is 1. The summed E-state index contributed by atoms with van der Waals surface area (Å²) in [7, 11) is 2.15. The standard InChI is InChI=1S/C48H50ClN7O6S/c1-30-36(15-16-38(43(30)49)60-26-25-55-23-21-54(2)22-24-55)41-42-40(28-51-44(41)31-8-5-9-31)63-53-46(42)62-39(48(58)59)27-34-7-3-4-10-37(34)61-29-35-17-18-50-45(52-35)32-11-13-33(14-12-32)47(57)56-19-6-20-56/h3-4,7,10-18,28,31,39H,5-6,8-9,19-27,29H2,1-2H3,(H,58,59). The molecule has 0 spiro atoms. The molecule has 1 saturated carbocycles. The average molecular weight is 888 g/mol. The summed E-state index contributed by atoms with van der Waals surface area (Å²) in [6.45, 7) is 9.18. The number of halogens is 1. The SMILES string of the molecule is Cc1c(-c2c(C3CCC3)ncc3snc(OC(Cc4ccccc4OCc4ccnc(-c5ccc(C(=O)N6CCC6)cc5)n4)C(=O)O)c23)ccc(OCCN2CCN(C)CC2)c1Cl. The predicted octanol–water partition coefficient (Wildman–Crippen LogP) is 8.17. The van der Waals surface area contributed by atoms with Crippen LogP contribution in [0, 0.1) is 6.92 Å². The van der Waals surface area contributed by atoms with Crippen molar-refractivity contribution in [1.29, 1.82) is 0 Å². The van der Waals surface area contributed by atoms with Crippen molar-refractivity contribution in [3.63, 3.8) is 0 Å². The second-order valence-corrected chi connectivity index (χ2v) is 17.7. The van der Waals surface area contributed by atoms with Crippen LogP contribution in [0.15, 0.2) is 79.1 Å². The number of para-hydroxylation sites is 1. The molecule has 3 aromatic heterocycles. The van der Waals surface area contributed by atoms with Crippen molar-refractivity contribution in [3.05, 3.63) is 112 Å². The Morgan fingerprint density at radius 1 is 0.921 bits per heavy atom. The van der Waals surface area contributed by atoms with Gasteiger partial charge in [-0.3, -0.25) is 14.7 Å². The number of hydrogen-bond donors (Lipinski definition) is 1. The largest absolute Gasteiger partial charge is 0.491 e. The summed E-state index contributed by atoms with van der Waals surface area (Å²) in [5.74, 6) is 1.06. The second kappa shape index (κ2) is 19.0. The Kier molecular flexibility index (Phi) is 12.8. The van der Waals surface area contributed by atoms with Crippen LogP contribution >= 0.6 is 23.1 Å². The van der Waals surface area contributed by atoms with E-state index < -0.39 is 12.1 Å². The van der Waals surface area contributed by atoms with Crippen LogP contribution in [0.25, 0.3) is 32.6 Å². The number of nitrogens with zero attached hydrogens (tertiary/aromatic N) is 7. The lowest BCUT2D eigenvalue weighted by Gasteiger charge is -2.32. The fraction of sp³-hybridized carbons (Fsp3) is 0.375. The summed E-state index contributed by atoms with van der Waals surface area (Å²) in [5, 5.41) is 11.9. The van der Waals surface area contributed by atoms with E-state index in [-0.39, 0.29) is 30.7 Å². The van der Waals surface area contributed by atoms with Crippen LogP contribution in [0.3, 0.4) is 0 Å². The van der Waals surface area contributed by atoms with Gasteiger partial charge in [-0.1, -0.05) is 54.4 Å². The van der Waals surface area contributed by atoms with Gasteiger partial charge < -0.3 is 29.1 Å². The maximum absolute atomic E-state index is 13.0. The van der Waals surface area contributed by atoms with Crippen LogP contribution in [0.4, 0.5) is 0 Å². The van der Waals surface area contributed by atoms with Crippen LogP contribution < -0.4 is 14.2 Å². The molecule has 3 fully saturated rings. The van der Waals surface area contributed by atoms with Crippen LogP contribution in [0.1, 0.15) is 64.5 Å². The highest BCUT2D eigenvalue weighted by atomic mass is 35.5. The molecule has 2 saturated heterocycles. The fourth-order valence-electron chi connectivity index (χ4n) is 8.23. The van der Waals surface area contributed by atoms with Gasteiger partial charge in [-0.15, -0.1) is 0 Å². The molecule has 6 aromatic rings. The number of benzene rings is 3. The summed E-state index contributed by atoms with van der Waals surface area (Å²) in [6.07, 6.45) is 6.41. The number of likely N-dealkylation sites (tertiary alicyclic amines) is 1. The third kappa shape index (κ3) is 9.35. The summed E-state index contributed by atoms with van der Waals surface area (Å²) in [4.78, 5) is 46.4. The minimum atomic E-state index is -1.28. The van der Waals surface area contributed by atoms with Crippen molar-refractivity contribution < 1.29 is 28.9 Å². The number of rotatable bonds is 16. The first-order valence-electron chi connectivity index (χ1n) is 21.6. The first kappa shape index (κ1) is 42.6. The molecule has 1 atom stereocenters. The van der Waals surface area contributed by atoms with Crippen molar-refractivity contribution in [1.82, 2.24) is 34.0 Å². The molecule has 1 unspecified atom stereocenters. The van der Waals surface area contributed by atoms with Gasteiger partial charge in [0.2, 0.25) is 12.0 Å². The number of carbonyl (C=O) groups excluding carboxylic acids is 1. The topological polar surface area (TPSA) is 143 Å². The number of carboxylic acid groups (broad SMARTS) is 1. The number of aromatic nitrogens is 4. The fourth-order valence-corrected chi connectivity index (χ4v) is 9.14. The van der Waals surface area contributed by atoms with Crippen molar-refractivity contribution in [3.8, 4) is 39.9 Å². The molecule has 63 heavy (non-hydrogen) atoms. The van der Waals surface area contributed by atoms with Crippen LogP contribution in [0.5, 0.6) is 17.4 Å². The van der Waals surface area contributed by atoms with Gasteiger partial charge >= 0.3 is 5.97 Å². The minimum Gasteiger partial charge on any atom is -0.491 e. The van der Waals surface area contributed by atoms with Gasteiger partial charge in [-0.2, -0.15) is 4.37 Å². The number of carboxylic acids is 1. The third-order valence-electron chi connectivity index (χ3n) is 12.4. The van der Waals surface area contributed by atoms with Crippen LogP contribution in [0.2, 0.25) is 5.02 Å². The Hall–Kier alpha value is -5.67. The zero-order valence-corrected chi connectivity index (χ0v) is 37.0. The normalized spacial score (nSPS) is 16.3. The molecule has 13 nitrogen and oxygen atoms in total. The van der Waals surface area contributed by atoms with E-state index in [0.29, 0.717) is 45.8 Å². The Balaban J connectivity index is 0.931. The lowest BCUT2D eigenvalue weighted by atomic mass is 9.79. The molecule has 5 heterocycles. The summed E-state index contributed by atoms with van der Waals surface area (Å²) in [5.41, 5.74) is 6.27. The molecule has 0 radical (unpaired) electrons. The molecule has 3 aliphatic rings. The Bertz CT molecular complexity index is 2610. The van der Waals surface area contributed by atoms with E-state index >= 15 is 0 Å². The molecular formula is C48H50ClN7O6S. The zero-order chi connectivity index (χ0) is 43.5. The highest BCUT2D eigenvalue weighted by Crippen LogP contribution is 2.48. The van der Waals surface area contributed by atoms with E-state index in [1.807, 2.05) is 66.6 Å². The second-order valence-electron chi connectivity index (χ2n) is 16.6. The predicted molar refractivity (Wildman–Crippen MR) is 243 cm³/mol. The third-order valence-corrected chi connectivity index (χ3v) is 13.6. The molecule has 15 heteroatoms. The van der Waals surface area contributed by atoms with E-state index in [0.717, 1.165) is 110 Å². The average Bonchev–Trinajstić information content (AvgIpc) is 3.67. The van der Waals surface area contributed by atoms with Gasteiger partial charge in [0, 0.05) is 87.2 Å². The molecule has 2 aliphatic heterocycles. The molecule has 1 N–H and O–H groups in total. The monoisotopic (exact) mass is 887 g/mol. The van der Waals surface area contributed by atoms with E-state index in [9.17, 15) is 14.7 Å². The van der Waals surface area contributed by atoms with Gasteiger partial charge in [0.25, 0.3) is 5.91 Å². The van der Waals surface area contributed by atoms with Gasteiger partial charge in [0.15, 0.2) is 5.82 Å². The molecule has 9 rings (SSSR count). The molecule has 0 bridgehead atoms. The molecule has 1 aliphatic carbocycles. The minimum absolute atomic E-state index is 0.0168. The van der Waals surface area contributed by atoms with Crippen LogP contribution in [-0.4, -0.2) is 117 Å². The molecule has 1 amide bonds. The van der Waals surface area contributed by atoms with E-state index in [2.05, 4.69) is 21.8 Å². The lowest BCUT2D eigenvalue weighted by Crippen LogP contribution is -2.45. The zero-order valence-electron chi connectivity index (χ0n) is 35.5. The number of piperazine rings is 1. The first-order valence-corrected chi connectivity index (χ1v) is 22.8. The summed E-state index contributed by atoms with van der Waals surface area (Å²) >= 11 is 8.31. The number of fused-ring (bicyclic) bond motifs is 1. The smallest absolute Gasteiger partial charge is 0.345 e. The lowest BCUT2D eigenvalue weighted by molar-refractivity contribution is -0.145. The highest BCUT2D eigenvalue weighted by Gasteiger charge is 2.31. The van der Waals surface area contributed by atoms with Gasteiger partial charge in [-0.05, 0) is 91.8 Å². The number of aliphatic carboxylic acids is 1.